The van der Waals surface area contributed by atoms with Gasteiger partial charge in [-0.3, -0.25) is 14.4 Å². The van der Waals surface area contributed by atoms with E-state index in [4.69, 9.17) is 10.8 Å². The van der Waals surface area contributed by atoms with Crippen LogP contribution in [0.3, 0.4) is 0 Å². The van der Waals surface area contributed by atoms with Gasteiger partial charge >= 0.3 is 17.9 Å². The van der Waals surface area contributed by atoms with Crippen molar-refractivity contribution in [1.29, 1.82) is 0 Å². The van der Waals surface area contributed by atoms with Gasteiger partial charge in [0.25, 0.3) is 0 Å². The minimum Gasteiger partial charge on any atom is -0.480 e. The molecule has 6 nitrogen and oxygen atoms in total. The summed E-state index contributed by atoms with van der Waals surface area (Å²) in [6, 6.07) is -1.10. The molecule has 0 heterocycles. The second-order valence-electron chi connectivity index (χ2n) is 8.03. The van der Waals surface area contributed by atoms with Gasteiger partial charge in [0.15, 0.2) is 0 Å². The third-order valence-electron chi connectivity index (χ3n) is 5.19. The molecule has 0 saturated carbocycles. The summed E-state index contributed by atoms with van der Waals surface area (Å²) in [5.41, 5.74) is 5.30. The van der Waals surface area contributed by atoms with E-state index in [2.05, 4.69) is 11.7 Å². The number of ether oxygens (including phenoxy) is 1. The van der Waals surface area contributed by atoms with Gasteiger partial charge in [-0.25, -0.2) is 0 Å². The largest absolute Gasteiger partial charge is 0.480 e. The molecule has 0 aliphatic carbocycles. The number of esters is 2. The Balaban J connectivity index is 3.34. The molecule has 0 amide bonds. The average molecular weight is 414 g/mol. The summed E-state index contributed by atoms with van der Waals surface area (Å²) < 4.78 is 4.67. The molecule has 0 fully saturated rings. The maximum absolute atomic E-state index is 11.6. The Morgan fingerprint density at radius 2 is 1.07 bits per heavy atom. The number of carbonyl (C=O) groups is 3. The quantitative estimate of drug-likeness (QED) is 0.155. The van der Waals surface area contributed by atoms with Crippen molar-refractivity contribution in [2.75, 3.05) is 0 Å². The first-order valence-electron chi connectivity index (χ1n) is 11.7. The predicted octanol–water partition coefficient (Wildman–Crippen LogP) is 5.51. The Labute approximate surface area is 177 Å². The number of rotatable bonds is 20. The molecule has 0 aromatic rings. The number of hydrogen-bond donors (Lipinski definition) is 2. The van der Waals surface area contributed by atoms with Gasteiger partial charge in [-0.05, 0) is 12.8 Å². The maximum atomic E-state index is 11.6. The Kier molecular flexibility index (Phi) is 18.9. The SMILES string of the molecule is CCCCCCCCCCCCCCCCCC(=O)OC(=O)CC[C@@H](N)C(=O)O. The fourth-order valence-corrected chi connectivity index (χ4v) is 3.27. The summed E-state index contributed by atoms with van der Waals surface area (Å²) >= 11 is 0. The van der Waals surface area contributed by atoms with Crippen LogP contribution >= 0.6 is 0 Å². The lowest BCUT2D eigenvalue weighted by Crippen LogP contribution is -2.30. The Morgan fingerprint density at radius 3 is 1.48 bits per heavy atom. The van der Waals surface area contributed by atoms with Gasteiger partial charge in [0.1, 0.15) is 6.04 Å². The van der Waals surface area contributed by atoms with E-state index in [0.29, 0.717) is 0 Å². The van der Waals surface area contributed by atoms with E-state index in [1.165, 1.54) is 77.0 Å². The second-order valence-corrected chi connectivity index (χ2v) is 8.03. The molecule has 0 unspecified atom stereocenters. The van der Waals surface area contributed by atoms with Crippen molar-refractivity contribution in [3.63, 3.8) is 0 Å². The fraction of sp³-hybridized carbons (Fsp3) is 0.870. The van der Waals surface area contributed by atoms with Gasteiger partial charge < -0.3 is 15.6 Å². The zero-order valence-corrected chi connectivity index (χ0v) is 18.5. The number of unbranched alkanes of at least 4 members (excludes halogenated alkanes) is 14. The molecule has 170 valence electrons. The summed E-state index contributed by atoms with van der Waals surface area (Å²) in [6.45, 7) is 2.25. The minimum absolute atomic E-state index is 0.0274. The van der Waals surface area contributed by atoms with E-state index < -0.39 is 23.9 Å². The van der Waals surface area contributed by atoms with E-state index in [9.17, 15) is 14.4 Å². The van der Waals surface area contributed by atoms with Crippen LogP contribution in [0.1, 0.15) is 122 Å². The van der Waals surface area contributed by atoms with Crippen molar-refractivity contribution in [3.05, 3.63) is 0 Å². The summed E-state index contributed by atoms with van der Waals surface area (Å²) in [5, 5.41) is 8.63. The molecule has 29 heavy (non-hydrogen) atoms. The van der Waals surface area contributed by atoms with Crippen molar-refractivity contribution >= 4 is 17.9 Å². The summed E-state index contributed by atoms with van der Waals surface area (Å²) in [4.78, 5) is 33.6. The lowest BCUT2D eigenvalue weighted by Gasteiger charge is -2.06. The Morgan fingerprint density at radius 1 is 0.690 bits per heavy atom. The lowest BCUT2D eigenvalue weighted by molar-refractivity contribution is -0.159. The lowest BCUT2D eigenvalue weighted by atomic mass is 10.0. The highest BCUT2D eigenvalue weighted by molar-refractivity contribution is 5.85. The fourth-order valence-electron chi connectivity index (χ4n) is 3.27. The van der Waals surface area contributed by atoms with Crippen molar-refractivity contribution < 1.29 is 24.2 Å². The number of carbonyl (C=O) groups excluding carboxylic acids is 2. The van der Waals surface area contributed by atoms with Crippen molar-refractivity contribution in [3.8, 4) is 0 Å². The van der Waals surface area contributed by atoms with Crippen molar-refractivity contribution in [2.45, 2.75) is 129 Å². The topological polar surface area (TPSA) is 107 Å². The zero-order valence-electron chi connectivity index (χ0n) is 18.5. The molecule has 0 aromatic carbocycles. The van der Waals surface area contributed by atoms with Gasteiger partial charge in [0, 0.05) is 12.8 Å². The predicted molar refractivity (Wildman–Crippen MR) is 115 cm³/mol. The van der Waals surface area contributed by atoms with Crippen LogP contribution in [0.2, 0.25) is 0 Å². The van der Waals surface area contributed by atoms with Crippen LogP contribution in [-0.2, 0) is 19.1 Å². The standard InChI is InChI=1S/C23H43NO5/c1-2-3-4-5-6-7-8-9-10-11-12-13-14-15-16-17-21(25)29-22(26)19-18-20(24)23(27)28/h20H,2-19,24H2,1H3,(H,27,28)/t20-/m1/s1. The maximum Gasteiger partial charge on any atom is 0.320 e. The number of nitrogens with two attached hydrogens (primary N) is 1. The van der Waals surface area contributed by atoms with Crippen LogP contribution in [0.4, 0.5) is 0 Å². The van der Waals surface area contributed by atoms with E-state index in [1.54, 1.807) is 0 Å². The van der Waals surface area contributed by atoms with Crippen LogP contribution in [0, 0.1) is 0 Å². The highest BCUT2D eigenvalue weighted by Crippen LogP contribution is 2.14. The van der Waals surface area contributed by atoms with E-state index in [0.717, 1.165) is 19.3 Å². The van der Waals surface area contributed by atoms with Crippen molar-refractivity contribution in [1.82, 2.24) is 0 Å². The van der Waals surface area contributed by atoms with Gasteiger partial charge in [-0.15, -0.1) is 0 Å². The van der Waals surface area contributed by atoms with E-state index in [-0.39, 0.29) is 19.3 Å². The smallest absolute Gasteiger partial charge is 0.320 e. The van der Waals surface area contributed by atoms with Crippen LogP contribution in [-0.4, -0.2) is 29.1 Å². The number of aliphatic carboxylic acids is 1. The summed E-state index contributed by atoms with van der Waals surface area (Å²) in [6.07, 6.45) is 18.9. The van der Waals surface area contributed by atoms with E-state index >= 15 is 0 Å². The van der Waals surface area contributed by atoms with Crippen LogP contribution in [0.5, 0.6) is 0 Å². The third-order valence-corrected chi connectivity index (χ3v) is 5.19. The first-order chi connectivity index (χ1) is 14.0. The molecule has 0 aromatic heterocycles. The molecule has 0 bridgehead atoms. The van der Waals surface area contributed by atoms with Crippen LogP contribution < -0.4 is 5.73 Å². The van der Waals surface area contributed by atoms with Gasteiger partial charge in [-0.1, -0.05) is 96.8 Å². The first kappa shape index (κ1) is 27.6. The summed E-state index contributed by atoms with van der Waals surface area (Å²) in [7, 11) is 0. The molecule has 0 aliphatic heterocycles. The molecular weight excluding hydrogens is 370 g/mol. The molecule has 1 atom stereocenters. The van der Waals surface area contributed by atoms with Gasteiger partial charge in [0.2, 0.25) is 0 Å². The molecule has 0 saturated heterocycles. The first-order valence-corrected chi connectivity index (χ1v) is 11.7. The average Bonchev–Trinajstić information content (AvgIpc) is 2.68. The Bertz CT molecular complexity index is 439. The van der Waals surface area contributed by atoms with Crippen LogP contribution in [0.25, 0.3) is 0 Å². The normalized spacial score (nSPS) is 11.9. The van der Waals surface area contributed by atoms with Crippen LogP contribution in [0.15, 0.2) is 0 Å². The molecule has 0 spiro atoms. The molecule has 3 N–H and O–H groups in total. The number of hydrogen-bond acceptors (Lipinski definition) is 5. The highest BCUT2D eigenvalue weighted by Gasteiger charge is 2.16. The third kappa shape index (κ3) is 19.7. The molecule has 0 radical (unpaired) electrons. The minimum atomic E-state index is -1.16. The molecule has 0 rings (SSSR count). The number of carboxylic acids is 1. The van der Waals surface area contributed by atoms with Gasteiger partial charge in [-0.2, -0.15) is 0 Å². The van der Waals surface area contributed by atoms with Crippen molar-refractivity contribution in [2.24, 2.45) is 5.73 Å². The summed E-state index contributed by atoms with van der Waals surface area (Å²) in [5.74, 6) is -2.40. The second kappa shape index (κ2) is 19.9. The molecule has 0 aliphatic rings. The Hall–Kier alpha value is -1.43. The monoisotopic (exact) mass is 413 g/mol. The zero-order chi connectivity index (χ0) is 21.7. The molecular formula is C23H43NO5. The number of carboxylic acid groups (broad SMARTS) is 1. The highest BCUT2D eigenvalue weighted by atomic mass is 16.6. The van der Waals surface area contributed by atoms with Gasteiger partial charge in [0.05, 0.1) is 0 Å². The molecule has 6 heteroatoms. The van der Waals surface area contributed by atoms with E-state index in [1.807, 2.05) is 0 Å².